The van der Waals surface area contributed by atoms with Gasteiger partial charge in [0.1, 0.15) is 30.5 Å². The SMILES string of the molecule is CC[C@H](C)[C@H](NC(=O)CNC(=O)CNC(=O)[C@H](CCC(=O)O)NC(=O)Cc1ccc(CN2CCN(C)CC(=O)[O][Al]([CH3])[O]C(=O)CN(CC)CC2)cc1)C(=O)N[C@H]1CCc2cccc3c2N(C1=O)[C@H](C(=O)N[C@@H](C=O)CC(=O)O)C3. The number of likely N-dealkylation sites (N-methyl/N-ethyl adjacent to an activating group) is 2. The fourth-order valence-electron chi connectivity index (χ4n) is 9.45. The smallest absolute Gasteiger partial charge is 0.584 e. The van der Waals surface area contributed by atoms with Crippen molar-refractivity contribution in [3.63, 3.8) is 0 Å². The summed E-state index contributed by atoms with van der Waals surface area (Å²) in [6.07, 6.45) is -0.374. The second-order valence-corrected chi connectivity index (χ2v) is 21.8. The predicted octanol–water partition coefficient (Wildman–Crippen LogP) is -1.84. The zero-order valence-corrected chi connectivity index (χ0v) is 46.9. The number of aldehydes is 1. The van der Waals surface area contributed by atoms with Gasteiger partial charge in [0.15, 0.2) is 0 Å². The molecule has 3 aliphatic heterocycles. The van der Waals surface area contributed by atoms with Crippen molar-refractivity contribution >= 4 is 92.0 Å². The van der Waals surface area contributed by atoms with Crippen molar-refractivity contribution in [2.75, 3.05) is 70.9 Å². The summed E-state index contributed by atoms with van der Waals surface area (Å²) in [5.74, 6) is -7.43. The molecule has 27 heteroatoms. The van der Waals surface area contributed by atoms with Crippen LogP contribution < -0.4 is 36.8 Å². The third kappa shape index (κ3) is 19.5. The minimum Gasteiger partial charge on any atom is -0.584 e. The van der Waals surface area contributed by atoms with Gasteiger partial charge in [-0.05, 0) is 66.8 Å². The Labute approximate surface area is 468 Å². The van der Waals surface area contributed by atoms with Crippen molar-refractivity contribution < 1.29 is 75.3 Å². The maximum Gasteiger partial charge on any atom is 0.857 e. The molecule has 0 bridgehead atoms. The van der Waals surface area contributed by atoms with E-state index in [-0.39, 0.29) is 38.8 Å². The minimum atomic E-state index is -2.47. The summed E-state index contributed by atoms with van der Waals surface area (Å²) in [7, 11) is 1.80. The predicted molar refractivity (Wildman–Crippen MR) is 287 cm³/mol. The number of carboxylic acid groups (broad SMARTS) is 2. The second-order valence-electron chi connectivity index (χ2n) is 20.2. The first-order valence-corrected chi connectivity index (χ1v) is 28.8. The number of aryl methyl sites for hydroxylation is 1. The van der Waals surface area contributed by atoms with Gasteiger partial charge in [-0.1, -0.05) is 69.7 Å². The number of nitrogens with one attached hydrogen (secondary N) is 6. The van der Waals surface area contributed by atoms with Crippen LogP contribution in [0.4, 0.5) is 5.69 Å². The van der Waals surface area contributed by atoms with Gasteiger partial charge < -0.3 is 54.5 Å². The number of hydrogen-bond acceptors (Lipinski definition) is 17. The van der Waals surface area contributed by atoms with Gasteiger partial charge in [0, 0.05) is 45.6 Å². The molecule has 6 atom stereocenters. The van der Waals surface area contributed by atoms with Gasteiger partial charge in [0.25, 0.3) is 11.9 Å². The highest BCUT2D eigenvalue weighted by Gasteiger charge is 2.45. The van der Waals surface area contributed by atoms with Gasteiger partial charge >= 0.3 is 26.8 Å². The van der Waals surface area contributed by atoms with Crippen LogP contribution in [0.2, 0.25) is 5.79 Å². The molecule has 0 radical (unpaired) electrons. The molecule has 0 spiro atoms. The highest BCUT2D eigenvalue weighted by Crippen LogP contribution is 2.39. The fraction of sp³-hybridized carbons (Fsp3) is 0.547. The van der Waals surface area contributed by atoms with E-state index in [1.165, 1.54) is 4.90 Å². The van der Waals surface area contributed by atoms with Crippen LogP contribution in [-0.2, 0) is 90.9 Å². The fourth-order valence-corrected chi connectivity index (χ4v) is 10.4. The molecule has 434 valence electrons. The third-order valence-electron chi connectivity index (χ3n) is 14.0. The van der Waals surface area contributed by atoms with Crippen LogP contribution in [0.3, 0.4) is 0 Å². The first-order chi connectivity index (χ1) is 38.1. The number of rotatable bonds is 24. The number of nitrogens with zero attached hydrogens (tertiary/aromatic N) is 4. The maximum atomic E-state index is 14.3. The molecule has 2 aromatic carbocycles. The maximum absolute atomic E-state index is 14.3. The van der Waals surface area contributed by atoms with E-state index in [4.69, 9.17) is 7.58 Å². The van der Waals surface area contributed by atoms with Crippen LogP contribution in [0.15, 0.2) is 42.5 Å². The Morgan fingerprint density at radius 1 is 0.775 bits per heavy atom. The monoisotopic (exact) mass is 1130 g/mol. The van der Waals surface area contributed by atoms with Gasteiger partial charge in [-0.25, -0.2) is 0 Å². The lowest BCUT2D eigenvalue weighted by Crippen LogP contribution is -2.59. The van der Waals surface area contributed by atoms with Crippen molar-refractivity contribution in [3.05, 3.63) is 64.7 Å². The number of amides is 7. The third-order valence-corrected chi connectivity index (χ3v) is 15.2. The highest BCUT2D eigenvalue weighted by atomic mass is 27.2. The number of aliphatic carboxylic acids is 2. The molecule has 3 heterocycles. The van der Waals surface area contributed by atoms with Gasteiger partial charge in [-0.15, -0.1) is 0 Å². The Bertz CT molecular complexity index is 2610. The number of anilines is 1. The van der Waals surface area contributed by atoms with Crippen LogP contribution in [-0.4, -0.2) is 207 Å². The molecule has 0 unspecified atom stereocenters. The Morgan fingerprint density at radius 3 is 2.09 bits per heavy atom. The summed E-state index contributed by atoms with van der Waals surface area (Å²) in [6.45, 7) is 7.68. The van der Waals surface area contributed by atoms with E-state index in [1.54, 1.807) is 57.0 Å². The van der Waals surface area contributed by atoms with E-state index in [2.05, 4.69) is 36.8 Å². The molecule has 80 heavy (non-hydrogen) atoms. The van der Waals surface area contributed by atoms with Crippen LogP contribution in [0.1, 0.15) is 75.1 Å². The second kappa shape index (κ2) is 30.9. The molecule has 1 fully saturated rings. The largest absolute Gasteiger partial charge is 0.857 e. The van der Waals surface area contributed by atoms with E-state index in [1.807, 2.05) is 28.9 Å². The average Bonchev–Trinajstić information content (AvgIpc) is 3.75. The minimum absolute atomic E-state index is 0.0366. The molecule has 3 aliphatic rings. The van der Waals surface area contributed by atoms with Crippen molar-refractivity contribution in [2.24, 2.45) is 5.92 Å². The number of hydrogen-bond donors (Lipinski definition) is 8. The normalized spacial score (nSPS) is 19.0. The quantitative estimate of drug-likeness (QED) is 0.0423. The number of para-hydroxylation sites is 1. The lowest BCUT2D eigenvalue weighted by molar-refractivity contribution is -0.142. The molecule has 0 saturated carbocycles. The lowest BCUT2D eigenvalue weighted by Gasteiger charge is -2.30. The van der Waals surface area contributed by atoms with E-state index >= 15 is 0 Å². The van der Waals surface area contributed by atoms with E-state index in [0.29, 0.717) is 75.2 Å². The molecule has 1 saturated heterocycles. The number of carboxylic acids is 2. The van der Waals surface area contributed by atoms with Gasteiger partial charge in [0.2, 0.25) is 41.4 Å². The van der Waals surface area contributed by atoms with Crippen LogP contribution >= 0.6 is 0 Å². The first kappa shape index (κ1) is 63.5. The molecule has 26 nitrogen and oxygen atoms in total. The van der Waals surface area contributed by atoms with Crippen LogP contribution in [0.25, 0.3) is 0 Å². The van der Waals surface area contributed by atoms with E-state index in [0.717, 1.165) is 11.1 Å². The summed E-state index contributed by atoms with van der Waals surface area (Å²) in [4.78, 5) is 161. The number of carbonyl (C=O) groups excluding carboxylic acids is 10. The van der Waals surface area contributed by atoms with Gasteiger partial charge in [-0.3, -0.25) is 72.3 Å². The molecule has 0 aromatic heterocycles. The molecule has 5 rings (SSSR count). The summed E-state index contributed by atoms with van der Waals surface area (Å²) in [6, 6.07) is 6.36. The number of benzene rings is 2. The standard InChI is InChI=1S/C52H72N10O16.CH3.Al/c1-5-31(3)47(51(77)57-38-15-14-34-8-7-9-35-23-39(62(48(34)35)52(38)78)50(76)55-36(30-63)24-44(69)70)58-42(66)26-53-41(65)25-54-49(75)37(16-17-43(67)68)56-40(64)22-32-10-12-33(13-11-32)27-61(19-18-59(4)28-45(71)72)21-20-60(6-2)29-46(73)74;;/h7-13,30-31,36-39,47H,5-6,14-29H2,1-4H3,(H,53,65)(H,54,75)(H,55,76)(H,56,64)(H,57,77)(H,58,66)(H,67,68)(H,69,70)(H,71,72)(H,73,74);1H3;/q;;+2/p-2/t31-,36+,37-,38-,39-,47-;;/m0../s1. The summed E-state index contributed by atoms with van der Waals surface area (Å²) < 4.78 is 10.8. The van der Waals surface area contributed by atoms with Crippen LogP contribution in [0.5, 0.6) is 0 Å². The molecule has 2 aromatic rings. The first-order valence-electron chi connectivity index (χ1n) is 26.7. The Balaban J connectivity index is 1.12. The van der Waals surface area contributed by atoms with Crippen molar-refractivity contribution in [3.8, 4) is 0 Å². The Hall–Kier alpha value is -7.31. The van der Waals surface area contributed by atoms with Gasteiger partial charge in [0.05, 0.1) is 50.7 Å². The Morgan fingerprint density at radius 2 is 1.43 bits per heavy atom. The highest BCUT2D eigenvalue weighted by molar-refractivity contribution is 6.47. The van der Waals surface area contributed by atoms with Crippen molar-refractivity contribution in [1.29, 1.82) is 0 Å². The van der Waals surface area contributed by atoms with Gasteiger partial charge in [-0.2, -0.15) is 0 Å². The topological polar surface area (TPSA) is 349 Å². The average molecular weight is 1130 g/mol. The molecular weight excluding hydrogens is 1060 g/mol. The van der Waals surface area contributed by atoms with Crippen molar-refractivity contribution in [2.45, 2.75) is 115 Å². The molecule has 7 amide bonds. The van der Waals surface area contributed by atoms with Crippen LogP contribution in [0, 0.1) is 5.92 Å². The number of carbonyl (C=O) groups is 12. The zero-order chi connectivity index (χ0) is 58.6. The molecule has 0 aliphatic carbocycles. The summed E-state index contributed by atoms with van der Waals surface area (Å²) in [5, 5.41) is 33.6. The summed E-state index contributed by atoms with van der Waals surface area (Å²) >= 11 is -2.47. The molecule has 8 N–H and O–H groups in total. The molecular formula is C53H73AlN10O16. The summed E-state index contributed by atoms with van der Waals surface area (Å²) in [5.41, 5.74) is 3.43. The van der Waals surface area contributed by atoms with E-state index in [9.17, 15) is 67.7 Å². The Kier molecular flexibility index (Phi) is 24.5. The van der Waals surface area contributed by atoms with Crippen molar-refractivity contribution in [1.82, 2.24) is 46.6 Å². The zero-order valence-electron chi connectivity index (χ0n) is 45.8. The lowest BCUT2D eigenvalue weighted by atomic mass is 9.97. The van der Waals surface area contributed by atoms with E-state index < -0.39 is 142 Å².